The first-order valence-electron chi connectivity index (χ1n) is 8.40. The van der Waals surface area contributed by atoms with Gasteiger partial charge in [-0.2, -0.15) is 0 Å². The number of benzene rings is 1. The minimum Gasteiger partial charge on any atom is -0.493 e. The highest BCUT2D eigenvalue weighted by atomic mass is 16.5. The molecule has 0 fully saturated rings. The quantitative estimate of drug-likeness (QED) is 0.395. The van der Waals surface area contributed by atoms with Gasteiger partial charge in [-0.15, -0.1) is 0 Å². The van der Waals surface area contributed by atoms with E-state index in [1.165, 1.54) is 24.8 Å². The number of aryl methyl sites for hydroxylation is 1. The average molecular weight is 321 g/mol. The molecule has 1 aromatic rings. The number of hydrogen-bond acceptors (Lipinski definition) is 3. The second kappa shape index (κ2) is 11.6. The first-order chi connectivity index (χ1) is 11.2. The summed E-state index contributed by atoms with van der Waals surface area (Å²) >= 11 is 0. The van der Waals surface area contributed by atoms with Gasteiger partial charge in [0.25, 0.3) is 0 Å². The molecular formula is C18H31N3O2. The summed E-state index contributed by atoms with van der Waals surface area (Å²) < 4.78 is 10.6. The van der Waals surface area contributed by atoms with Crippen LogP contribution in [0.3, 0.4) is 0 Å². The van der Waals surface area contributed by atoms with E-state index in [4.69, 9.17) is 9.47 Å². The molecule has 0 saturated heterocycles. The average Bonchev–Trinajstić information content (AvgIpc) is 2.60. The summed E-state index contributed by atoms with van der Waals surface area (Å²) in [5.74, 6) is 2.44. The summed E-state index contributed by atoms with van der Waals surface area (Å²) in [6, 6.07) is 6.08. The normalized spacial score (nSPS) is 11.2. The van der Waals surface area contributed by atoms with Crippen molar-refractivity contribution in [2.24, 2.45) is 4.99 Å². The molecule has 1 aromatic carbocycles. The molecule has 0 aliphatic rings. The highest BCUT2D eigenvalue weighted by Gasteiger charge is 2.04. The number of nitrogens with zero attached hydrogens (tertiary/aromatic N) is 1. The van der Waals surface area contributed by atoms with E-state index in [2.05, 4.69) is 28.6 Å². The summed E-state index contributed by atoms with van der Waals surface area (Å²) in [6.45, 7) is 4.08. The Morgan fingerprint density at radius 1 is 1.00 bits per heavy atom. The number of ether oxygens (including phenoxy) is 2. The molecule has 0 radical (unpaired) electrons. The van der Waals surface area contributed by atoms with Crippen LogP contribution in [0.15, 0.2) is 23.2 Å². The van der Waals surface area contributed by atoms with Crippen LogP contribution in [-0.2, 0) is 6.42 Å². The zero-order valence-corrected chi connectivity index (χ0v) is 14.9. The first kappa shape index (κ1) is 19.1. The highest BCUT2D eigenvalue weighted by molar-refractivity contribution is 5.79. The maximum atomic E-state index is 5.33. The summed E-state index contributed by atoms with van der Waals surface area (Å²) in [6.07, 6.45) is 5.69. The molecule has 5 nitrogen and oxygen atoms in total. The smallest absolute Gasteiger partial charge is 0.190 e. The Bertz CT molecular complexity index is 475. The van der Waals surface area contributed by atoms with Crippen molar-refractivity contribution in [3.8, 4) is 11.5 Å². The summed E-state index contributed by atoms with van der Waals surface area (Å²) in [4.78, 5) is 4.24. The van der Waals surface area contributed by atoms with Crippen LogP contribution >= 0.6 is 0 Å². The Balaban J connectivity index is 2.30. The van der Waals surface area contributed by atoms with E-state index in [1.54, 1.807) is 14.2 Å². The molecule has 0 spiro atoms. The predicted octanol–water partition coefficient (Wildman–Crippen LogP) is 2.99. The molecule has 0 aliphatic carbocycles. The van der Waals surface area contributed by atoms with Crippen LogP contribution in [0.1, 0.15) is 38.2 Å². The van der Waals surface area contributed by atoms with Crippen molar-refractivity contribution < 1.29 is 9.47 Å². The summed E-state index contributed by atoms with van der Waals surface area (Å²) in [7, 11) is 5.13. The zero-order valence-electron chi connectivity index (χ0n) is 14.9. The number of aliphatic imine (C=N–C) groups is 1. The Kier molecular flexibility index (Phi) is 9.68. The summed E-state index contributed by atoms with van der Waals surface area (Å²) in [5, 5.41) is 6.69. The van der Waals surface area contributed by atoms with E-state index < -0.39 is 0 Å². The molecule has 1 rings (SSSR count). The van der Waals surface area contributed by atoms with Crippen molar-refractivity contribution in [1.82, 2.24) is 10.6 Å². The van der Waals surface area contributed by atoms with Crippen LogP contribution in [0.4, 0.5) is 0 Å². The van der Waals surface area contributed by atoms with E-state index >= 15 is 0 Å². The molecule has 0 aliphatic heterocycles. The standard InChI is InChI=1S/C18H31N3O2/c1-5-6-7-12-20-18(19-2)21-13-8-9-15-10-11-16(22-3)17(14-15)23-4/h10-11,14H,5-9,12-13H2,1-4H3,(H2,19,20,21). The summed E-state index contributed by atoms with van der Waals surface area (Å²) in [5.41, 5.74) is 1.25. The monoisotopic (exact) mass is 321 g/mol. The molecule has 2 N–H and O–H groups in total. The van der Waals surface area contributed by atoms with Gasteiger partial charge in [-0.05, 0) is 37.0 Å². The molecular weight excluding hydrogens is 290 g/mol. The SMILES string of the molecule is CCCCCNC(=NC)NCCCc1ccc(OC)c(OC)c1. The maximum Gasteiger partial charge on any atom is 0.190 e. The third kappa shape index (κ3) is 7.26. The highest BCUT2D eigenvalue weighted by Crippen LogP contribution is 2.27. The number of hydrogen-bond donors (Lipinski definition) is 2. The lowest BCUT2D eigenvalue weighted by Crippen LogP contribution is -2.38. The molecule has 0 aromatic heterocycles. The Morgan fingerprint density at radius 3 is 2.30 bits per heavy atom. The fourth-order valence-electron chi connectivity index (χ4n) is 2.34. The molecule has 23 heavy (non-hydrogen) atoms. The van der Waals surface area contributed by atoms with Gasteiger partial charge in [0, 0.05) is 20.1 Å². The van der Waals surface area contributed by atoms with Crippen LogP contribution in [0, 0.1) is 0 Å². The maximum absolute atomic E-state index is 5.33. The van der Waals surface area contributed by atoms with Crippen LogP contribution < -0.4 is 20.1 Å². The zero-order chi connectivity index (χ0) is 16.9. The third-order valence-corrected chi connectivity index (χ3v) is 3.68. The number of nitrogens with one attached hydrogen (secondary N) is 2. The molecule has 0 bridgehead atoms. The molecule has 0 atom stereocenters. The second-order valence-electron chi connectivity index (χ2n) is 5.43. The van der Waals surface area contributed by atoms with E-state index in [0.717, 1.165) is 43.4 Å². The van der Waals surface area contributed by atoms with E-state index in [-0.39, 0.29) is 0 Å². The van der Waals surface area contributed by atoms with E-state index in [0.29, 0.717) is 0 Å². The lowest BCUT2D eigenvalue weighted by molar-refractivity contribution is 0.354. The van der Waals surface area contributed by atoms with E-state index in [9.17, 15) is 0 Å². The van der Waals surface area contributed by atoms with Gasteiger partial charge in [-0.3, -0.25) is 4.99 Å². The van der Waals surface area contributed by atoms with Crippen LogP contribution in [0.5, 0.6) is 11.5 Å². The fraction of sp³-hybridized carbons (Fsp3) is 0.611. The number of unbranched alkanes of at least 4 members (excludes halogenated alkanes) is 2. The first-order valence-corrected chi connectivity index (χ1v) is 8.40. The predicted molar refractivity (Wildman–Crippen MR) is 96.8 cm³/mol. The minimum atomic E-state index is 0.769. The van der Waals surface area contributed by atoms with Gasteiger partial charge < -0.3 is 20.1 Å². The van der Waals surface area contributed by atoms with Gasteiger partial charge in [0.05, 0.1) is 14.2 Å². The largest absolute Gasteiger partial charge is 0.493 e. The Labute approximate surface area is 140 Å². The third-order valence-electron chi connectivity index (χ3n) is 3.68. The van der Waals surface area contributed by atoms with Crippen molar-refractivity contribution in [1.29, 1.82) is 0 Å². The minimum absolute atomic E-state index is 0.769. The van der Waals surface area contributed by atoms with Crippen molar-refractivity contribution in [3.63, 3.8) is 0 Å². The molecule has 130 valence electrons. The van der Waals surface area contributed by atoms with Gasteiger partial charge >= 0.3 is 0 Å². The Hall–Kier alpha value is -1.91. The topological polar surface area (TPSA) is 54.9 Å². The lowest BCUT2D eigenvalue weighted by Gasteiger charge is -2.12. The van der Waals surface area contributed by atoms with Crippen LogP contribution in [0.2, 0.25) is 0 Å². The van der Waals surface area contributed by atoms with Gasteiger partial charge in [0.2, 0.25) is 0 Å². The van der Waals surface area contributed by atoms with Gasteiger partial charge in [-0.25, -0.2) is 0 Å². The van der Waals surface area contributed by atoms with Crippen molar-refractivity contribution in [3.05, 3.63) is 23.8 Å². The number of guanidine groups is 1. The van der Waals surface area contributed by atoms with Crippen molar-refractivity contribution >= 4 is 5.96 Å². The molecule has 0 heterocycles. The van der Waals surface area contributed by atoms with E-state index in [1.807, 2.05) is 19.2 Å². The number of rotatable bonds is 10. The van der Waals surface area contributed by atoms with Gasteiger partial charge in [0.15, 0.2) is 17.5 Å². The Morgan fingerprint density at radius 2 is 1.70 bits per heavy atom. The van der Waals surface area contributed by atoms with Crippen molar-refractivity contribution in [2.45, 2.75) is 39.0 Å². The van der Waals surface area contributed by atoms with Gasteiger partial charge in [0.1, 0.15) is 0 Å². The molecule has 0 saturated carbocycles. The fourth-order valence-corrected chi connectivity index (χ4v) is 2.34. The van der Waals surface area contributed by atoms with Gasteiger partial charge in [-0.1, -0.05) is 25.8 Å². The number of methoxy groups -OCH3 is 2. The van der Waals surface area contributed by atoms with Crippen LogP contribution in [0.25, 0.3) is 0 Å². The lowest BCUT2D eigenvalue weighted by atomic mass is 10.1. The van der Waals surface area contributed by atoms with Crippen molar-refractivity contribution in [2.75, 3.05) is 34.4 Å². The molecule has 0 amide bonds. The molecule has 5 heteroatoms. The molecule has 0 unspecified atom stereocenters. The second-order valence-corrected chi connectivity index (χ2v) is 5.43. The van der Waals surface area contributed by atoms with Crippen LogP contribution in [-0.4, -0.2) is 40.3 Å².